The van der Waals surface area contributed by atoms with Crippen molar-refractivity contribution in [3.8, 4) is 11.4 Å². The molecule has 2 heterocycles. The van der Waals surface area contributed by atoms with Crippen LogP contribution >= 0.6 is 11.6 Å². The van der Waals surface area contributed by atoms with Gasteiger partial charge in [-0.25, -0.2) is 8.42 Å². The molecule has 32 heavy (non-hydrogen) atoms. The Hall–Kier alpha value is -2.91. The summed E-state index contributed by atoms with van der Waals surface area (Å²) in [6, 6.07) is 11.4. The topological polar surface area (TPSA) is 105 Å². The van der Waals surface area contributed by atoms with Crippen LogP contribution < -0.4 is 4.72 Å². The Morgan fingerprint density at radius 1 is 1.09 bits per heavy atom. The first-order chi connectivity index (χ1) is 15.3. The number of nitrogens with zero attached hydrogens (tertiary/aromatic N) is 3. The van der Waals surface area contributed by atoms with E-state index in [-0.39, 0.29) is 28.2 Å². The molecule has 0 unspecified atom stereocenters. The molecule has 0 aliphatic carbocycles. The van der Waals surface area contributed by atoms with Crippen LogP contribution in [0.3, 0.4) is 0 Å². The van der Waals surface area contributed by atoms with Gasteiger partial charge in [0.2, 0.25) is 5.82 Å². The summed E-state index contributed by atoms with van der Waals surface area (Å²) < 4.78 is 33.7. The first-order valence-electron chi connectivity index (χ1n) is 10.4. The Kier molecular flexibility index (Phi) is 6.48. The molecule has 1 amide bonds. The van der Waals surface area contributed by atoms with Gasteiger partial charge >= 0.3 is 11.8 Å². The van der Waals surface area contributed by atoms with Crippen molar-refractivity contribution in [3.05, 3.63) is 58.9 Å². The molecule has 4 rings (SSSR count). The molecule has 1 aliphatic heterocycles. The second-order valence-corrected chi connectivity index (χ2v) is 9.75. The number of aryl methyl sites for hydroxylation is 1. The van der Waals surface area contributed by atoms with Gasteiger partial charge in [0.25, 0.3) is 10.0 Å². The largest absolute Gasteiger partial charge is 0.334 e. The van der Waals surface area contributed by atoms with E-state index in [4.69, 9.17) is 16.1 Å². The van der Waals surface area contributed by atoms with Gasteiger partial charge in [-0.05, 0) is 43.5 Å². The van der Waals surface area contributed by atoms with Gasteiger partial charge in [0.05, 0.1) is 15.6 Å². The Morgan fingerprint density at radius 3 is 2.53 bits per heavy atom. The Labute approximate surface area is 191 Å². The van der Waals surface area contributed by atoms with Crippen LogP contribution in [0, 0.1) is 6.92 Å². The lowest BCUT2D eigenvalue weighted by molar-refractivity contribution is 0.0711. The number of hydrogen-bond donors (Lipinski definition) is 1. The maximum Gasteiger partial charge on any atom is 0.316 e. The van der Waals surface area contributed by atoms with E-state index in [1.807, 2.05) is 0 Å². The van der Waals surface area contributed by atoms with E-state index >= 15 is 0 Å². The van der Waals surface area contributed by atoms with Gasteiger partial charge in [-0.3, -0.25) is 9.52 Å². The van der Waals surface area contributed by atoms with Crippen molar-refractivity contribution in [2.45, 2.75) is 37.5 Å². The monoisotopic (exact) mass is 474 g/mol. The lowest BCUT2D eigenvalue weighted by atomic mass is 10.1. The van der Waals surface area contributed by atoms with Gasteiger partial charge in [-0.15, -0.1) is 0 Å². The van der Waals surface area contributed by atoms with Crippen molar-refractivity contribution >= 4 is 33.2 Å². The minimum atomic E-state index is -3.92. The molecule has 0 atom stereocenters. The zero-order valence-electron chi connectivity index (χ0n) is 17.5. The lowest BCUT2D eigenvalue weighted by Crippen LogP contribution is -2.32. The summed E-state index contributed by atoms with van der Waals surface area (Å²) in [5.74, 6) is -0.246. The number of benzene rings is 2. The standard InChI is InChI=1S/C22H23ClN4O4S/c1-15-10-11-16(14-19(15)32(29,30)26-18-9-5-4-8-17(18)23)20-24-21(31-25-20)22(28)27-12-6-2-3-7-13-27/h4-5,8-11,14,26H,2-3,6-7,12-13H2,1H3. The van der Waals surface area contributed by atoms with E-state index in [0.717, 1.165) is 25.7 Å². The van der Waals surface area contributed by atoms with Crippen molar-refractivity contribution in [1.82, 2.24) is 15.0 Å². The van der Waals surface area contributed by atoms with E-state index in [2.05, 4.69) is 14.9 Å². The molecular formula is C22H23ClN4O4S. The average Bonchev–Trinajstić information content (AvgIpc) is 3.10. The molecule has 0 spiro atoms. The summed E-state index contributed by atoms with van der Waals surface area (Å²) in [6.07, 6.45) is 4.10. The Bertz CT molecular complexity index is 1230. The molecular weight excluding hydrogens is 452 g/mol. The number of carbonyl (C=O) groups excluding carboxylic acids is 1. The number of para-hydroxylation sites is 1. The quantitative estimate of drug-likeness (QED) is 0.583. The van der Waals surface area contributed by atoms with Crippen LogP contribution in [0.15, 0.2) is 51.9 Å². The summed E-state index contributed by atoms with van der Waals surface area (Å²) >= 11 is 6.10. The fourth-order valence-corrected chi connectivity index (χ4v) is 5.20. The predicted molar refractivity (Wildman–Crippen MR) is 121 cm³/mol. The number of aromatic nitrogens is 2. The molecule has 3 aromatic rings. The van der Waals surface area contributed by atoms with Crippen LogP contribution in [0.1, 0.15) is 41.9 Å². The lowest BCUT2D eigenvalue weighted by Gasteiger charge is -2.17. The number of hydrogen-bond acceptors (Lipinski definition) is 6. The highest BCUT2D eigenvalue weighted by molar-refractivity contribution is 7.92. The molecule has 1 fully saturated rings. The zero-order valence-corrected chi connectivity index (χ0v) is 19.1. The third-order valence-electron chi connectivity index (χ3n) is 5.36. The molecule has 1 aromatic heterocycles. The molecule has 168 valence electrons. The van der Waals surface area contributed by atoms with Crippen LogP contribution in [-0.4, -0.2) is 42.5 Å². The van der Waals surface area contributed by atoms with Crippen LogP contribution in [0.5, 0.6) is 0 Å². The number of halogens is 1. The molecule has 1 saturated heterocycles. The molecule has 0 radical (unpaired) electrons. The third kappa shape index (κ3) is 4.78. The molecule has 0 bridgehead atoms. The maximum absolute atomic E-state index is 13.0. The fraction of sp³-hybridized carbons (Fsp3) is 0.318. The number of amides is 1. The number of rotatable bonds is 5. The van der Waals surface area contributed by atoms with Crippen molar-refractivity contribution in [2.24, 2.45) is 0 Å². The van der Waals surface area contributed by atoms with Crippen LogP contribution in [0.4, 0.5) is 5.69 Å². The van der Waals surface area contributed by atoms with Crippen molar-refractivity contribution < 1.29 is 17.7 Å². The second-order valence-electron chi connectivity index (χ2n) is 7.70. The number of carbonyl (C=O) groups is 1. The second kappa shape index (κ2) is 9.30. The number of nitrogens with one attached hydrogen (secondary N) is 1. The maximum atomic E-state index is 13.0. The summed E-state index contributed by atoms with van der Waals surface area (Å²) in [7, 11) is -3.92. The molecule has 8 nitrogen and oxygen atoms in total. The van der Waals surface area contributed by atoms with E-state index < -0.39 is 10.0 Å². The Balaban J connectivity index is 1.60. The van der Waals surface area contributed by atoms with Crippen molar-refractivity contribution in [1.29, 1.82) is 0 Å². The van der Waals surface area contributed by atoms with Gasteiger partial charge in [-0.2, -0.15) is 4.98 Å². The SMILES string of the molecule is Cc1ccc(-c2noc(C(=O)N3CCCCCC3)n2)cc1S(=O)(=O)Nc1ccccc1Cl. The van der Waals surface area contributed by atoms with Crippen molar-refractivity contribution in [2.75, 3.05) is 17.8 Å². The molecule has 0 saturated carbocycles. The minimum Gasteiger partial charge on any atom is -0.334 e. The molecule has 2 aromatic carbocycles. The van der Waals surface area contributed by atoms with Gasteiger partial charge < -0.3 is 9.42 Å². The normalized spacial score (nSPS) is 14.8. The van der Waals surface area contributed by atoms with Gasteiger partial charge in [0.1, 0.15) is 0 Å². The van der Waals surface area contributed by atoms with Crippen LogP contribution in [0.2, 0.25) is 5.02 Å². The molecule has 1 aliphatic rings. The van der Waals surface area contributed by atoms with Crippen molar-refractivity contribution in [3.63, 3.8) is 0 Å². The first kappa shape index (κ1) is 22.3. The van der Waals surface area contributed by atoms with Crippen LogP contribution in [-0.2, 0) is 10.0 Å². The highest BCUT2D eigenvalue weighted by Gasteiger charge is 2.25. The fourth-order valence-electron chi connectivity index (χ4n) is 3.61. The summed E-state index contributed by atoms with van der Waals surface area (Å²) in [5.41, 5.74) is 1.25. The molecule has 1 N–H and O–H groups in total. The van der Waals surface area contributed by atoms with E-state index in [9.17, 15) is 13.2 Å². The third-order valence-corrected chi connectivity index (χ3v) is 7.19. The highest BCUT2D eigenvalue weighted by atomic mass is 35.5. The number of sulfonamides is 1. The summed E-state index contributed by atoms with van der Waals surface area (Å²) in [5, 5.41) is 4.20. The van der Waals surface area contributed by atoms with Gasteiger partial charge in [0.15, 0.2) is 0 Å². The van der Waals surface area contributed by atoms with Gasteiger partial charge in [-0.1, -0.05) is 53.9 Å². The zero-order chi connectivity index (χ0) is 22.7. The number of anilines is 1. The number of likely N-dealkylation sites (tertiary alicyclic amines) is 1. The first-order valence-corrected chi connectivity index (χ1v) is 12.2. The van der Waals surface area contributed by atoms with E-state index in [1.165, 1.54) is 6.07 Å². The smallest absolute Gasteiger partial charge is 0.316 e. The van der Waals surface area contributed by atoms with Crippen LogP contribution in [0.25, 0.3) is 11.4 Å². The van der Waals surface area contributed by atoms with Gasteiger partial charge in [0, 0.05) is 18.7 Å². The minimum absolute atomic E-state index is 0.0557. The average molecular weight is 475 g/mol. The van der Waals surface area contributed by atoms with E-state index in [1.54, 1.807) is 48.2 Å². The highest BCUT2D eigenvalue weighted by Crippen LogP contribution is 2.28. The molecule has 10 heteroatoms. The Morgan fingerprint density at radius 2 is 1.81 bits per heavy atom. The summed E-state index contributed by atoms with van der Waals surface area (Å²) in [6.45, 7) is 3.02. The predicted octanol–water partition coefficient (Wildman–Crippen LogP) is 4.52. The summed E-state index contributed by atoms with van der Waals surface area (Å²) in [4.78, 5) is 18.7. The van der Waals surface area contributed by atoms with E-state index in [0.29, 0.717) is 29.2 Å².